The molecule has 0 atom stereocenters. The van der Waals surface area contributed by atoms with E-state index in [-0.39, 0.29) is 5.91 Å². The van der Waals surface area contributed by atoms with Crippen molar-refractivity contribution in [3.8, 4) is 22.6 Å². The highest BCUT2D eigenvalue weighted by Gasteiger charge is 2.18. The van der Waals surface area contributed by atoms with Gasteiger partial charge in [-0.05, 0) is 43.7 Å². The molecule has 0 saturated heterocycles. The molecule has 0 aliphatic rings. The maximum absolute atomic E-state index is 12.7. The predicted molar refractivity (Wildman–Crippen MR) is 98.9 cm³/mol. The molecule has 0 saturated carbocycles. The van der Waals surface area contributed by atoms with Crippen molar-refractivity contribution in [3.05, 3.63) is 59.5 Å². The topological polar surface area (TPSA) is 73.6 Å². The fraction of sp³-hybridized carbons (Fsp3) is 0.200. The SMILES string of the molecule is COc1cccc(OC)c1C(=O)Nc1ccc(-c2c(C)noc2C)cc1. The van der Waals surface area contributed by atoms with Gasteiger partial charge in [-0.1, -0.05) is 23.4 Å². The Balaban J connectivity index is 1.85. The normalized spacial score (nSPS) is 10.5. The molecule has 6 nitrogen and oxygen atoms in total. The van der Waals surface area contributed by atoms with E-state index < -0.39 is 0 Å². The van der Waals surface area contributed by atoms with Gasteiger partial charge in [0.15, 0.2) is 0 Å². The summed E-state index contributed by atoms with van der Waals surface area (Å²) < 4.78 is 15.8. The van der Waals surface area contributed by atoms with Gasteiger partial charge in [-0.3, -0.25) is 4.79 Å². The summed E-state index contributed by atoms with van der Waals surface area (Å²) in [5.41, 5.74) is 3.80. The highest BCUT2D eigenvalue weighted by Crippen LogP contribution is 2.30. The lowest BCUT2D eigenvalue weighted by Gasteiger charge is -2.13. The lowest BCUT2D eigenvalue weighted by atomic mass is 10.0. The zero-order valence-electron chi connectivity index (χ0n) is 15.1. The molecule has 1 heterocycles. The Labute approximate surface area is 151 Å². The average molecular weight is 352 g/mol. The number of hydrogen-bond donors (Lipinski definition) is 1. The lowest BCUT2D eigenvalue weighted by Crippen LogP contribution is -2.14. The molecule has 3 rings (SSSR count). The molecule has 0 fully saturated rings. The van der Waals surface area contributed by atoms with Gasteiger partial charge >= 0.3 is 0 Å². The number of rotatable bonds is 5. The molecule has 1 amide bonds. The number of amides is 1. The number of hydrogen-bond acceptors (Lipinski definition) is 5. The van der Waals surface area contributed by atoms with E-state index in [0.717, 1.165) is 22.6 Å². The van der Waals surface area contributed by atoms with Crippen LogP contribution in [0, 0.1) is 13.8 Å². The maximum Gasteiger partial charge on any atom is 0.263 e. The number of benzene rings is 2. The van der Waals surface area contributed by atoms with Crippen molar-refractivity contribution < 1.29 is 18.8 Å². The first-order valence-electron chi connectivity index (χ1n) is 8.10. The lowest BCUT2D eigenvalue weighted by molar-refractivity contribution is 0.102. The number of nitrogens with one attached hydrogen (secondary N) is 1. The quantitative estimate of drug-likeness (QED) is 0.744. The highest BCUT2D eigenvalue weighted by molar-refractivity contribution is 6.08. The second-order valence-electron chi connectivity index (χ2n) is 5.77. The van der Waals surface area contributed by atoms with Gasteiger partial charge in [-0.25, -0.2) is 0 Å². The van der Waals surface area contributed by atoms with Crippen LogP contribution in [0.4, 0.5) is 5.69 Å². The Bertz CT molecular complexity index is 888. The molecule has 6 heteroatoms. The van der Waals surface area contributed by atoms with Crippen LogP contribution in [0.2, 0.25) is 0 Å². The summed E-state index contributed by atoms with van der Waals surface area (Å²) in [5, 5.41) is 6.84. The Morgan fingerprint density at radius 2 is 1.62 bits per heavy atom. The van der Waals surface area contributed by atoms with Crippen molar-refractivity contribution in [2.45, 2.75) is 13.8 Å². The van der Waals surface area contributed by atoms with Gasteiger partial charge in [0.05, 0.1) is 19.9 Å². The predicted octanol–water partition coefficient (Wildman–Crippen LogP) is 4.23. The van der Waals surface area contributed by atoms with Crippen LogP contribution in [0.3, 0.4) is 0 Å². The largest absolute Gasteiger partial charge is 0.496 e. The van der Waals surface area contributed by atoms with Crippen LogP contribution in [0.5, 0.6) is 11.5 Å². The molecule has 0 bridgehead atoms. The van der Waals surface area contributed by atoms with Crippen LogP contribution in [0.15, 0.2) is 47.0 Å². The van der Waals surface area contributed by atoms with Crippen molar-refractivity contribution in [3.63, 3.8) is 0 Å². The molecule has 2 aromatic carbocycles. The Morgan fingerprint density at radius 3 is 2.12 bits per heavy atom. The molecule has 0 unspecified atom stereocenters. The van der Waals surface area contributed by atoms with Crippen LogP contribution in [0.1, 0.15) is 21.8 Å². The molecule has 0 aliphatic carbocycles. The fourth-order valence-corrected chi connectivity index (χ4v) is 2.88. The minimum absolute atomic E-state index is 0.301. The summed E-state index contributed by atoms with van der Waals surface area (Å²) >= 11 is 0. The Hall–Kier alpha value is -3.28. The van der Waals surface area contributed by atoms with Crippen molar-refractivity contribution >= 4 is 11.6 Å². The standard InChI is InChI=1S/C20H20N2O4/c1-12-18(13(2)26-22-12)14-8-10-15(11-9-14)21-20(23)19-16(24-3)6-5-7-17(19)25-4/h5-11H,1-4H3,(H,21,23). The van der Waals surface area contributed by atoms with Crippen LogP contribution in [-0.2, 0) is 0 Å². The van der Waals surface area contributed by atoms with Crippen molar-refractivity contribution in [2.24, 2.45) is 0 Å². The summed E-state index contributed by atoms with van der Waals surface area (Å²) in [6.07, 6.45) is 0. The minimum atomic E-state index is -0.301. The molecule has 0 aliphatic heterocycles. The van der Waals surface area contributed by atoms with E-state index in [1.165, 1.54) is 14.2 Å². The van der Waals surface area contributed by atoms with E-state index in [9.17, 15) is 4.79 Å². The van der Waals surface area contributed by atoms with Crippen LogP contribution in [-0.4, -0.2) is 25.3 Å². The van der Waals surface area contributed by atoms with E-state index in [1.54, 1.807) is 18.2 Å². The molecular formula is C20H20N2O4. The smallest absolute Gasteiger partial charge is 0.263 e. The minimum Gasteiger partial charge on any atom is -0.496 e. The second kappa shape index (κ2) is 7.31. The van der Waals surface area contributed by atoms with Crippen molar-refractivity contribution in [2.75, 3.05) is 19.5 Å². The number of carbonyl (C=O) groups excluding carboxylic acids is 1. The second-order valence-corrected chi connectivity index (χ2v) is 5.77. The van der Waals surface area contributed by atoms with E-state index in [4.69, 9.17) is 14.0 Å². The zero-order chi connectivity index (χ0) is 18.7. The van der Waals surface area contributed by atoms with Crippen LogP contribution in [0.25, 0.3) is 11.1 Å². The maximum atomic E-state index is 12.7. The van der Waals surface area contributed by atoms with Gasteiger partial charge in [-0.2, -0.15) is 0 Å². The van der Waals surface area contributed by atoms with E-state index >= 15 is 0 Å². The summed E-state index contributed by atoms with van der Waals surface area (Å²) in [5.74, 6) is 1.37. The summed E-state index contributed by atoms with van der Waals surface area (Å²) in [4.78, 5) is 12.7. The number of aryl methyl sites for hydroxylation is 2. The number of nitrogens with zero attached hydrogens (tertiary/aromatic N) is 1. The van der Waals surface area contributed by atoms with Crippen LogP contribution < -0.4 is 14.8 Å². The third-order valence-electron chi connectivity index (χ3n) is 4.12. The summed E-state index contributed by atoms with van der Waals surface area (Å²) in [6.45, 7) is 3.77. The molecule has 1 aromatic heterocycles. The number of aromatic nitrogens is 1. The van der Waals surface area contributed by atoms with E-state index in [1.807, 2.05) is 38.1 Å². The van der Waals surface area contributed by atoms with Gasteiger partial charge < -0.3 is 19.3 Å². The number of methoxy groups -OCH3 is 2. The van der Waals surface area contributed by atoms with Crippen molar-refractivity contribution in [1.29, 1.82) is 0 Å². The third-order valence-corrected chi connectivity index (χ3v) is 4.12. The van der Waals surface area contributed by atoms with Gasteiger partial charge in [0.1, 0.15) is 22.8 Å². The third kappa shape index (κ3) is 3.26. The Morgan fingerprint density at radius 1 is 1.00 bits per heavy atom. The first-order valence-corrected chi connectivity index (χ1v) is 8.10. The molecule has 134 valence electrons. The monoisotopic (exact) mass is 352 g/mol. The van der Waals surface area contributed by atoms with Crippen molar-refractivity contribution in [1.82, 2.24) is 5.16 Å². The van der Waals surface area contributed by atoms with Gasteiger partial charge in [0, 0.05) is 11.3 Å². The molecule has 0 spiro atoms. The van der Waals surface area contributed by atoms with Crippen LogP contribution >= 0.6 is 0 Å². The van der Waals surface area contributed by atoms with Gasteiger partial charge in [-0.15, -0.1) is 0 Å². The number of ether oxygens (including phenoxy) is 2. The van der Waals surface area contributed by atoms with E-state index in [2.05, 4.69) is 10.5 Å². The molecule has 3 aromatic rings. The summed E-state index contributed by atoms with van der Waals surface area (Å²) in [6, 6.07) is 12.7. The first kappa shape index (κ1) is 17.5. The van der Waals surface area contributed by atoms with Gasteiger partial charge in [0.25, 0.3) is 5.91 Å². The van der Waals surface area contributed by atoms with E-state index in [0.29, 0.717) is 22.7 Å². The molecular weight excluding hydrogens is 332 g/mol. The van der Waals surface area contributed by atoms with Gasteiger partial charge in [0.2, 0.25) is 0 Å². The molecule has 1 N–H and O–H groups in total. The average Bonchev–Trinajstić information content (AvgIpc) is 3.00. The molecule has 0 radical (unpaired) electrons. The number of anilines is 1. The fourth-order valence-electron chi connectivity index (χ4n) is 2.88. The first-order chi connectivity index (χ1) is 12.5. The number of carbonyl (C=O) groups is 1. The zero-order valence-corrected chi connectivity index (χ0v) is 15.1. The Kier molecular flexibility index (Phi) is 4.93. The highest BCUT2D eigenvalue weighted by atomic mass is 16.5. The molecule has 26 heavy (non-hydrogen) atoms. The summed E-state index contributed by atoms with van der Waals surface area (Å²) in [7, 11) is 3.04.